The molecule has 0 spiro atoms. The lowest BCUT2D eigenvalue weighted by Gasteiger charge is -2.15. The van der Waals surface area contributed by atoms with Crippen molar-refractivity contribution in [3.63, 3.8) is 0 Å². The van der Waals surface area contributed by atoms with Crippen LogP contribution in [-0.2, 0) is 6.54 Å². The van der Waals surface area contributed by atoms with Crippen molar-refractivity contribution in [2.24, 2.45) is 0 Å². The second-order valence-corrected chi connectivity index (χ2v) is 6.26. The number of aliphatic hydroxyl groups excluding tert-OH is 1. The van der Waals surface area contributed by atoms with Gasteiger partial charge in [0.25, 0.3) is 0 Å². The van der Waals surface area contributed by atoms with E-state index in [4.69, 9.17) is 0 Å². The van der Waals surface area contributed by atoms with Gasteiger partial charge in [-0.05, 0) is 27.8 Å². The first-order chi connectivity index (χ1) is 11.2. The van der Waals surface area contributed by atoms with E-state index < -0.39 is 6.10 Å². The molecule has 0 saturated carbocycles. The van der Waals surface area contributed by atoms with E-state index in [9.17, 15) is 9.90 Å². The summed E-state index contributed by atoms with van der Waals surface area (Å²) in [5.41, 5.74) is 0.821. The molecule has 0 aliphatic rings. The zero-order chi connectivity index (χ0) is 16.1. The fourth-order valence-corrected chi connectivity index (χ4v) is 3.13. The Morgan fingerprint density at radius 2 is 1.87 bits per heavy atom. The van der Waals surface area contributed by atoms with Gasteiger partial charge in [0.15, 0.2) is 0 Å². The van der Waals surface area contributed by atoms with Crippen LogP contribution in [0.2, 0.25) is 0 Å². The van der Waals surface area contributed by atoms with E-state index in [0.717, 1.165) is 21.2 Å². The van der Waals surface area contributed by atoms with Crippen LogP contribution in [0, 0.1) is 0 Å². The third kappa shape index (κ3) is 3.88. The van der Waals surface area contributed by atoms with E-state index in [0.29, 0.717) is 6.54 Å². The molecule has 1 atom stereocenters. The number of nitrogens with one attached hydrogen (secondary N) is 2. The number of amides is 2. The Bertz CT molecular complexity index is 781. The summed E-state index contributed by atoms with van der Waals surface area (Å²) in [6.07, 6.45) is -0.742. The molecule has 3 N–H and O–H groups in total. The number of aliphatic hydroxyl groups is 1. The zero-order valence-electron chi connectivity index (χ0n) is 12.5. The fraction of sp³-hybridized carbons (Fsp3) is 0.167. The molecule has 2 aromatic carbocycles. The molecule has 118 valence electrons. The van der Waals surface area contributed by atoms with Gasteiger partial charge in [-0.25, -0.2) is 4.79 Å². The summed E-state index contributed by atoms with van der Waals surface area (Å²) in [5, 5.41) is 19.9. The molecule has 0 unspecified atom stereocenters. The van der Waals surface area contributed by atoms with E-state index in [1.807, 2.05) is 60.0 Å². The van der Waals surface area contributed by atoms with Crippen LogP contribution in [0.1, 0.15) is 16.5 Å². The summed E-state index contributed by atoms with van der Waals surface area (Å²) < 4.78 is 0. The molecule has 0 aliphatic heterocycles. The average molecular weight is 326 g/mol. The van der Waals surface area contributed by atoms with Crippen LogP contribution in [0.4, 0.5) is 4.79 Å². The maximum atomic E-state index is 11.8. The molecule has 3 rings (SSSR count). The quantitative estimate of drug-likeness (QED) is 0.672. The van der Waals surface area contributed by atoms with Gasteiger partial charge in [0.1, 0.15) is 0 Å². The van der Waals surface area contributed by atoms with Gasteiger partial charge in [-0.1, -0.05) is 48.5 Å². The van der Waals surface area contributed by atoms with Crippen LogP contribution in [-0.4, -0.2) is 17.7 Å². The topological polar surface area (TPSA) is 61.4 Å². The first-order valence-electron chi connectivity index (χ1n) is 7.44. The first-order valence-corrected chi connectivity index (χ1v) is 8.32. The first kappa shape index (κ1) is 15.5. The minimum Gasteiger partial charge on any atom is -0.387 e. The lowest BCUT2D eigenvalue weighted by atomic mass is 10.0. The van der Waals surface area contributed by atoms with Gasteiger partial charge >= 0.3 is 6.03 Å². The lowest BCUT2D eigenvalue weighted by Crippen LogP contribution is -2.37. The Morgan fingerprint density at radius 3 is 2.70 bits per heavy atom. The molecule has 0 aliphatic carbocycles. The SMILES string of the molecule is O=C(NCc1cccs1)NC[C@@H](O)c1cccc2ccccc12. The molecule has 0 radical (unpaired) electrons. The van der Waals surface area contributed by atoms with Crippen molar-refractivity contribution < 1.29 is 9.90 Å². The van der Waals surface area contributed by atoms with Crippen LogP contribution in [0.25, 0.3) is 10.8 Å². The summed E-state index contributed by atoms with van der Waals surface area (Å²) in [6, 6.07) is 17.3. The minimum atomic E-state index is -0.742. The number of carbonyl (C=O) groups excluding carboxylic acids is 1. The minimum absolute atomic E-state index is 0.171. The largest absolute Gasteiger partial charge is 0.387 e. The molecule has 5 heteroatoms. The zero-order valence-corrected chi connectivity index (χ0v) is 13.3. The number of thiophene rings is 1. The van der Waals surface area contributed by atoms with E-state index in [-0.39, 0.29) is 12.6 Å². The molecule has 0 saturated heterocycles. The highest BCUT2D eigenvalue weighted by Gasteiger charge is 2.12. The van der Waals surface area contributed by atoms with E-state index in [1.54, 1.807) is 11.3 Å². The summed E-state index contributed by atoms with van der Waals surface area (Å²) in [4.78, 5) is 12.9. The smallest absolute Gasteiger partial charge is 0.315 e. The molecule has 3 aromatic rings. The highest BCUT2D eigenvalue weighted by Crippen LogP contribution is 2.23. The summed E-state index contributed by atoms with van der Waals surface area (Å²) in [7, 11) is 0. The third-order valence-electron chi connectivity index (χ3n) is 3.64. The molecule has 2 amide bonds. The molecular weight excluding hydrogens is 308 g/mol. The number of fused-ring (bicyclic) bond motifs is 1. The molecular formula is C18H18N2O2S. The van der Waals surface area contributed by atoms with E-state index >= 15 is 0 Å². The van der Waals surface area contributed by atoms with Crippen molar-refractivity contribution in [1.29, 1.82) is 0 Å². The van der Waals surface area contributed by atoms with Crippen molar-refractivity contribution in [3.8, 4) is 0 Å². The maximum absolute atomic E-state index is 11.8. The van der Waals surface area contributed by atoms with E-state index in [2.05, 4.69) is 10.6 Å². The van der Waals surface area contributed by atoms with Crippen molar-refractivity contribution in [3.05, 3.63) is 70.4 Å². The van der Waals surface area contributed by atoms with Gasteiger partial charge in [0.2, 0.25) is 0 Å². The predicted molar refractivity (Wildman–Crippen MR) is 93.5 cm³/mol. The van der Waals surface area contributed by atoms with Gasteiger partial charge in [0, 0.05) is 11.4 Å². The summed E-state index contributed by atoms with van der Waals surface area (Å²) in [5.74, 6) is 0. The maximum Gasteiger partial charge on any atom is 0.315 e. The second-order valence-electron chi connectivity index (χ2n) is 5.23. The van der Waals surface area contributed by atoms with Crippen LogP contribution < -0.4 is 10.6 Å². The van der Waals surface area contributed by atoms with Crippen LogP contribution in [0.3, 0.4) is 0 Å². The third-order valence-corrected chi connectivity index (χ3v) is 4.52. The standard InChI is InChI=1S/C18H18N2O2S/c21-17(12-20-18(22)19-11-14-7-4-10-23-14)16-9-3-6-13-5-1-2-8-15(13)16/h1-10,17,21H,11-12H2,(H2,19,20,22)/t17-/m1/s1. The monoisotopic (exact) mass is 326 g/mol. The summed E-state index contributed by atoms with van der Waals surface area (Å²) in [6.45, 7) is 0.665. The van der Waals surface area contributed by atoms with Crippen LogP contribution >= 0.6 is 11.3 Å². The molecule has 1 aromatic heterocycles. The normalized spacial score (nSPS) is 12.0. The second kappa shape index (κ2) is 7.26. The van der Waals surface area contributed by atoms with Gasteiger partial charge < -0.3 is 15.7 Å². The van der Waals surface area contributed by atoms with Crippen LogP contribution in [0.15, 0.2) is 60.0 Å². The number of hydrogen-bond acceptors (Lipinski definition) is 3. The molecule has 4 nitrogen and oxygen atoms in total. The Labute approximate surface area is 138 Å². The van der Waals surface area contributed by atoms with Gasteiger partial charge in [-0.15, -0.1) is 11.3 Å². The lowest BCUT2D eigenvalue weighted by molar-refractivity contribution is 0.174. The number of urea groups is 1. The molecule has 23 heavy (non-hydrogen) atoms. The number of benzene rings is 2. The average Bonchev–Trinajstić information content (AvgIpc) is 3.11. The van der Waals surface area contributed by atoms with Gasteiger partial charge in [-0.3, -0.25) is 0 Å². The fourth-order valence-electron chi connectivity index (χ4n) is 2.48. The number of hydrogen-bond donors (Lipinski definition) is 3. The molecule has 0 bridgehead atoms. The molecule has 0 fully saturated rings. The highest BCUT2D eigenvalue weighted by atomic mass is 32.1. The van der Waals surface area contributed by atoms with Gasteiger partial charge in [-0.2, -0.15) is 0 Å². The highest BCUT2D eigenvalue weighted by molar-refractivity contribution is 7.09. The molecule has 1 heterocycles. The van der Waals surface area contributed by atoms with Gasteiger partial charge in [0.05, 0.1) is 12.6 Å². The Balaban J connectivity index is 1.58. The predicted octanol–water partition coefficient (Wildman–Crippen LogP) is 3.43. The number of rotatable bonds is 5. The summed E-state index contributed by atoms with van der Waals surface area (Å²) >= 11 is 1.60. The van der Waals surface area contributed by atoms with Crippen molar-refractivity contribution >= 4 is 28.1 Å². The van der Waals surface area contributed by atoms with Crippen molar-refractivity contribution in [1.82, 2.24) is 10.6 Å². The Morgan fingerprint density at radius 1 is 1.04 bits per heavy atom. The van der Waals surface area contributed by atoms with Crippen molar-refractivity contribution in [2.45, 2.75) is 12.6 Å². The van der Waals surface area contributed by atoms with E-state index in [1.165, 1.54) is 0 Å². The van der Waals surface area contributed by atoms with Crippen molar-refractivity contribution in [2.75, 3.05) is 6.54 Å². The van der Waals surface area contributed by atoms with Crippen LogP contribution in [0.5, 0.6) is 0 Å². The number of carbonyl (C=O) groups is 1. The Kier molecular flexibility index (Phi) is 4.90. The Hall–Kier alpha value is -2.37.